The third-order valence-electron chi connectivity index (χ3n) is 4.49. The smallest absolute Gasteiger partial charge is 0.261 e. The molecule has 0 aliphatic heterocycles. The number of fused-ring (bicyclic) bond motifs is 1. The van der Waals surface area contributed by atoms with E-state index in [-0.39, 0.29) is 16.0 Å². The van der Waals surface area contributed by atoms with Crippen molar-refractivity contribution in [3.63, 3.8) is 0 Å². The summed E-state index contributed by atoms with van der Waals surface area (Å²) in [7, 11) is 1.47. The van der Waals surface area contributed by atoms with E-state index >= 15 is 0 Å². The fourth-order valence-corrected chi connectivity index (χ4v) is 4.90. The van der Waals surface area contributed by atoms with Crippen LogP contribution in [0.3, 0.4) is 0 Å². The average Bonchev–Trinajstić information content (AvgIpc) is 3.16. The van der Waals surface area contributed by atoms with Crippen LogP contribution in [0.15, 0.2) is 61.9 Å². The Bertz CT molecular complexity index is 1410. The molecule has 168 valence electrons. The first kappa shape index (κ1) is 23.6. The van der Waals surface area contributed by atoms with Gasteiger partial charge in [0.15, 0.2) is 10.7 Å². The van der Waals surface area contributed by atoms with Crippen LogP contribution in [-0.2, 0) is 0 Å². The Kier molecular flexibility index (Phi) is 6.99. The van der Waals surface area contributed by atoms with Gasteiger partial charge in [-0.05, 0) is 76.7 Å². The Labute approximate surface area is 214 Å². The first-order valence-electron chi connectivity index (χ1n) is 9.26. The Hall–Kier alpha value is -2.53. The maximum atomic E-state index is 13.3. The molecule has 11 heteroatoms. The first-order chi connectivity index (χ1) is 15.7. The van der Waals surface area contributed by atoms with E-state index in [2.05, 4.69) is 47.5 Å². The number of rotatable bonds is 4. The molecule has 6 nitrogen and oxygen atoms in total. The Balaban J connectivity index is 1.52. The summed E-state index contributed by atoms with van der Waals surface area (Å²) in [6, 6.07) is 12.5. The molecule has 3 aromatic carbocycles. The van der Waals surface area contributed by atoms with Crippen LogP contribution in [-0.4, -0.2) is 23.1 Å². The number of nitrogens with zero attached hydrogens (tertiary/aromatic N) is 1. The number of carbonyl (C=O) groups excluding carboxylic acids is 1. The van der Waals surface area contributed by atoms with Gasteiger partial charge in [-0.25, -0.2) is 9.37 Å². The highest BCUT2D eigenvalue weighted by Crippen LogP contribution is 2.33. The highest BCUT2D eigenvalue weighted by atomic mass is 79.9. The Morgan fingerprint density at radius 2 is 1.97 bits per heavy atom. The standard InChI is InChI=1S/C22H13Br2ClFN3O3S/c1-31-19-14(6-10(23)7-15(19)24)20(30)29-22(33)27-12-3-5-18-17(9-12)28-21(32-18)13-4-2-11(26)8-16(13)25/h2-9H,1H3,(H2,27,29,30,33). The maximum Gasteiger partial charge on any atom is 0.261 e. The number of hydrogen-bond acceptors (Lipinski definition) is 5. The molecule has 0 atom stereocenters. The van der Waals surface area contributed by atoms with E-state index in [9.17, 15) is 9.18 Å². The molecule has 0 saturated heterocycles. The minimum Gasteiger partial charge on any atom is -0.495 e. The summed E-state index contributed by atoms with van der Waals surface area (Å²) in [4.78, 5) is 17.2. The lowest BCUT2D eigenvalue weighted by Crippen LogP contribution is -2.34. The molecule has 33 heavy (non-hydrogen) atoms. The number of oxazole rings is 1. The number of aromatic nitrogens is 1. The quantitative estimate of drug-likeness (QED) is 0.243. The van der Waals surface area contributed by atoms with Crippen LogP contribution < -0.4 is 15.4 Å². The predicted octanol–water partition coefficient (Wildman–Crippen LogP) is 6.95. The Morgan fingerprint density at radius 3 is 2.70 bits per heavy atom. The van der Waals surface area contributed by atoms with Crippen molar-refractivity contribution in [3.8, 4) is 17.2 Å². The van der Waals surface area contributed by atoms with Crippen LogP contribution in [0.1, 0.15) is 10.4 Å². The highest BCUT2D eigenvalue weighted by Gasteiger charge is 2.18. The zero-order chi connectivity index (χ0) is 23.7. The topological polar surface area (TPSA) is 76.4 Å². The molecule has 0 fully saturated rings. The fraction of sp³-hybridized carbons (Fsp3) is 0.0455. The van der Waals surface area contributed by atoms with E-state index in [4.69, 9.17) is 33.0 Å². The van der Waals surface area contributed by atoms with Crippen molar-refractivity contribution in [1.82, 2.24) is 10.3 Å². The lowest BCUT2D eigenvalue weighted by Gasteiger charge is -2.13. The molecule has 0 saturated carbocycles. The van der Waals surface area contributed by atoms with Crippen molar-refractivity contribution in [1.29, 1.82) is 0 Å². The molecule has 2 N–H and O–H groups in total. The van der Waals surface area contributed by atoms with Crippen molar-refractivity contribution < 1.29 is 18.3 Å². The predicted molar refractivity (Wildman–Crippen MR) is 136 cm³/mol. The lowest BCUT2D eigenvalue weighted by molar-refractivity contribution is 0.0974. The van der Waals surface area contributed by atoms with Crippen molar-refractivity contribution in [2.45, 2.75) is 0 Å². The van der Waals surface area contributed by atoms with Gasteiger partial charge in [-0.1, -0.05) is 27.5 Å². The largest absolute Gasteiger partial charge is 0.495 e. The van der Waals surface area contributed by atoms with Crippen LogP contribution in [0.5, 0.6) is 5.75 Å². The normalized spacial score (nSPS) is 10.8. The lowest BCUT2D eigenvalue weighted by atomic mass is 10.2. The van der Waals surface area contributed by atoms with E-state index in [0.29, 0.717) is 42.6 Å². The van der Waals surface area contributed by atoms with E-state index in [1.165, 1.54) is 25.3 Å². The molecule has 4 rings (SSSR count). The van der Waals surface area contributed by atoms with Gasteiger partial charge < -0.3 is 14.5 Å². The molecule has 0 aliphatic carbocycles. The van der Waals surface area contributed by atoms with E-state index in [1.54, 1.807) is 30.3 Å². The molecule has 1 heterocycles. The summed E-state index contributed by atoms with van der Waals surface area (Å²) in [5.74, 6) is -0.248. The zero-order valence-corrected chi connectivity index (χ0v) is 21.5. The summed E-state index contributed by atoms with van der Waals surface area (Å²) < 4.78 is 25.7. The van der Waals surface area contributed by atoms with Crippen LogP contribution in [0.2, 0.25) is 5.02 Å². The van der Waals surface area contributed by atoms with Crippen molar-refractivity contribution >= 4 is 83.5 Å². The second-order valence-corrected chi connectivity index (χ2v) is 9.29. The van der Waals surface area contributed by atoms with Crippen LogP contribution >= 0.6 is 55.7 Å². The molecular formula is C22H13Br2ClFN3O3S. The molecule has 0 aliphatic rings. The summed E-state index contributed by atoms with van der Waals surface area (Å²) >= 11 is 18.1. The molecular weight excluding hydrogens is 601 g/mol. The van der Waals surface area contributed by atoms with E-state index in [1.807, 2.05) is 0 Å². The number of thiocarbonyl (C=S) groups is 1. The number of benzene rings is 3. The third-order valence-corrected chi connectivity index (χ3v) is 6.05. The number of carbonyl (C=O) groups is 1. The number of amides is 1. The van der Waals surface area contributed by atoms with Crippen LogP contribution in [0.25, 0.3) is 22.6 Å². The summed E-state index contributed by atoms with van der Waals surface area (Å²) in [6.07, 6.45) is 0. The molecule has 0 unspecified atom stereocenters. The van der Waals surface area contributed by atoms with Gasteiger partial charge in [0, 0.05) is 10.2 Å². The molecule has 4 aromatic rings. The maximum absolute atomic E-state index is 13.3. The second kappa shape index (κ2) is 9.76. The minimum absolute atomic E-state index is 0.0859. The minimum atomic E-state index is -0.449. The zero-order valence-electron chi connectivity index (χ0n) is 16.7. The number of hydrogen-bond donors (Lipinski definition) is 2. The van der Waals surface area contributed by atoms with Crippen molar-refractivity contribution in [2.24, 2.45) is 0 Å². The molecule has 0 bridgehead atoms. The molecule has 1 aromatic heterocycles. The third kappa shape index (κ3) is 5.19. The van der Waals surface area contributed by atoms with Gasteiger partial charge in [0.05, 0.1) is 27.7 Å². The van der Waals surface area contributed by atoms with Crippen LogP contribution in [0, 0.1) is 5.82 Å². The van der Waals surface area contributed by atoms with E-state index < -0.39 is 11.7 Å². The molecule has 0 spiro atoms. The van der Waals surface area contributed by atoms with Gasteiger partial charge in [-0.15, -0.1) is 0 Å². The second-order valence-electron chi connectivity index (χ2n) is 6.70. The first-order valence-corrected chi connectivity index (χ1v) is 11.6. The number of ether oxygens (including phenoxy) is 1. The molecule has 1 amide bonds. The van der Waals surface area contributed by atoms with Crippen molar-refractivity contribution in [3.05, 3.63) is 73.9 Å². The number of nitrogens with one attached hydrogen (secondary N) is 2. The number of methoxy groups -OCH3 is 1. The average molecular weight is 614 g/mol. The van der Waals surface area contributed by atoms with E-state index in [0.717, 1.165) is 0 Å². The molecule has 0 radical (unpaired) electrons. The highest BCUT2D eigenvalue weighted by molar-refractivity contribution is 9.11. The van der Waals surface area contributed by atoms with Gasteiger partial charge >= 0.3 is 0 Å². The number of anilines is 1. The van der Waals surface area contributed by atoms with Gasteiger partial charge in [0.1, 0.15) is 17.1 Å². The van der Waals surface area contributed by atoms with Gasteiger partial charge in [0.2, 0.25) is 5.89 Å². The summed E-state index contributed by atoms with van der Waals surface area (Å²) in [5, 5.41) is 5.85. The SMILES string of the molecule is COc1c(Br)cc(Br)cc1C(=O)NC(=S)Nc1ccc2oc(-c3ccc(F)cc3Cl)nc2c1. The number of halogens is 4. The van der Waals surface area contributed by atoms with Crippen molar-refractivity contribution in [2.75, 3.05) is 12.4 Å². The summed E-state index contributed by atoms with van der Waals surface area (Å²) in [5.41, 5.74) is 2.40. The Morgan fingerprint density at radius 1 is 1.18 bits per heavy atom. The van der Waals surface area contributed by atoms with Gasteiger partial charge in [0.25, 0.3) is 5.91 Å². The fourth-order valence-electron chi connectivity index (χ4n) is 3.05. The monoisotopic (exact) mass is 611 g/mol. The van der Waals surface area contributed by atoms with Gasteiger partial charge in [-0.3, -0.25) is 10.1 Å². The summed E-state index contributed by atoms with van der Waals surface area (Å²) in [6.45, 7) is 0. The van der Waals surface area contributed by atoms with Gasteiger partial charge in [-0.2, -0.15) is 0 Å². The van der Waals surface area contributed by atoms with Crippen LogP contribution in [0.4, 0.5) is 10.1 Å².